The van der Waals surface area contributed by atoms with Crippen molar-refractivity contribution in [2.24, 2.45) is 11.8 Å². The van der Waals surface area contributed by atoms with Gasteiger partial charge in [0.15, 0.2) is 0 Å². The number of anilines is 1. The summed E-state index contributed by atoms with van der Waals surface area (Å²) in [6, 6.07) is 0.684. The van der Waals surface area contributed by atoms with E-state index in [0.29, 0.717) is 31.7 Å². The third-order valence-electron chi connectivity index (χ3n) is 6.00. The zero-order valence-electron chi connectivity index (χ0n) is 18.7. The second kappa shape index (κ2) is 10.3. The molecule has 1 aliphatic heterocycles. The summed E-state index contributed by atoms with van der Waals surface area (Å²) in [5.74, 6) is -1.04. The molecule has 1 saturated heterocycles. The van der Waals surface area contributed by atoms with Gasteiger partial charge in [0.1, 0.15) is 17.9 Å². The van der Waals surface area contributed by atoms with Gasteiger partial charge < -0.3 is 25.6 Å². The molecule has 2 fully saturated rings. The molecule has 1 aromatic heterocycles. The van der Waals surface area contributed by atoms with Crippen LogP contribution in [-0.4, -0.2) is 58.5 Å². The van der Waals surface area contributed by atoms with E-state index in [-0.39, 0.29) is 11.7 Å². The molecule has 1 saturated carbocycles. The van der Waals surface area contributed by atoms with E-state index >= 15 is 0 Å². The van der Waals surface area contributed by atoms with Crippen molar-refractivity contribution in [3.8, 4) is 0 Å². The molecule has 182 valence electrons. The molecule has 2 heterocycles. The molecule has 2 amide bonds. The number of nitrogens with one attached hydrogen (secondary N) is 2. The van der Waals surface area contributed by atoms with E-state index in [0.717, 1.165) is 25.1 Å². The van der Waals surface area contributed by atoms with Gasteiger partial charge in [-0.1, -0.05) is 26.7 Å². The molecule has 0 unspecified atom stereocenters. The van der Waals surface area contributed by atoms with Gasteiger partial charge in [-0.15, -0.1) is 0 Å². The number of nitrogens with zero attached hydrogens (tertiary/aromatic N) is 2. The van der Waals surface area contributed by atoms with E-state index in [1.165, 1.54) is 6.07 Å². The van der Waals surface area contributed by atoms with E-state index < -0.39 is 48.7 Å². The van der Waals surface area contributed by atoms with Crippen LogP contribution < -0.4 is 15.5 Å². The summed E-state index contributed by atoms with van der Waals surface area (Å²) < 4.78 is 38.3. The number of pyridine rings is 1. The molecule has 0 bridgehead atoms. The van der Waals surface area contributed by atoms with Crippen LogP contribution in [0.3, 0.4) is 0 Å². The van der Waals surface area contributed by atoms with Crippen molar-refractivity contribution < 1.29 is 32.8 Å². The molecule has 0 aromatic carbocycles. The first-order chi connectivity index (χ1) is 15.5. The Labute approximate surface area is 191 Å². The smallest absolute Gasteiger partial charge is 0.426 e. The van der Waals surface area contributed by atoms with Gasteiger partial charge >= 0.3 is 13.3 Å². The third kappa shape index (κ3) is 6.83. The number of rotatable bonds is 10. The number of aromatic nitrogens is 1. The highest BCUT2D eigenvalue weighted by Gasteiger charge is 2.39. The van der Waals surface area contributed by atoms with Gasteiger partial charge in [-0.2, -0.15) is 13.2 Å². The van der Waals surface area contributed by atoms with Crippen LogP contribution in [0.4, 0.5) is 19.0 Å². The minimum absolute atomic E-state index is 0.119. The predicted octanol–water partition coefficient (Wildman–Crippen LogP) is 1.51. The maximum Gasteiger partial charge on any atom is 0.475 e. The lowest BCUT2D eigenvalue weighted by Crippen LogP contribution is -2.61. The molecule has 2 aliphatic rings. The molecule has 4 N–H and O–H groups in total. The van der Waals surface area contributed by atoms with Crippen molar-refractivity contribution in [2.45, 2.75) is 70.2 Å². The fourth-order valence-corrected chi connectivity index (χ4v) is 3.89. The quantitative estimate of drug-likeness (QED) is 0.386. The predicted molar refractivity (Wildman–Crippen MR) is 116 cm³/mol. The first kappa shape index (κ1) is 25.3. The maximum atomic E-state index is 12.9. The number of amides is 2. The largest absolute Gasteiger partial charge is 0.475 e. The zero-order valence-corrected chi connectivity index (χ0v) is 18.7. The monoisotopic (exact) mass is 470 g/mol. The van der Waals surface area contributed by atoms with E-state index in [4.69, 9.17) is 0 Å². The van der Waals surface area contributed by atoms with Gasteiger partial charge in [0.25, 0.3) is 0 Å². The standard InChI is InChI=1S/C21H30BF3N4O4/c1-12(2)9-17(22(32)33)28-19(30)15(10-13-3-4-13)27-20(31)16-7-8-29(16)18-6-5-14(11-26-18)21(23,24)25/h5-6,11-13,15-17,32-33H,3-4,7-10H2,1-2H3,(H,27,31)(H,28,30)/t15-,16-,17-/m0/s1. The maximum absolute atomic E-state index is 12.9. The SMILES string of the molecule is CC(C)C[C@H](NC(=O)[C@H](CC1CC1)NC(=O)[C@@H]1CCN1c1ccc(C(F)(F)F)cn1)B(O)O. The lowest BCUT2D eigenvalue weighted by atomic mass is 9.75. The van der Waals surface area contributed by atoms with Gasteiger partial charge in [-0.25, -0.2) is 4.98 Å². The first-order valence-corrected chi connectivity index (χ1v) is 11.2. The van der Waals surface area contributed by atoms with E-state index in [9.17, 15) is 32.8 Å². The second-order valence-electron chi connectivity index (χ2n) is 9.30. The topological polar surface area (TPSA) is 115 Å². The Morgan fingerprint density at radius 2 is 1.91 bits per heavy atom. The minimum Gasteiger partial charge on any atom is -0.426 e. The Bertz CT molecular complexity index is 834. The Hall–Kier alpha value is -2.34. The summed E-state index contributed by atoms with van der Waals surface area (Å²) in [4.78, 5) is 31.2. The molecule has 3 atom stereocenters. The normalized spacial score (nSPS) is 20.1. The van der Waals surface area contributed by atoms with Crippen molar-refractivity contribution >= 4 is 24.8 Å². The summed E-state index contributed by atoms with van der Waals surface area (Å²) in [6.07, 6.45) is -0.539. The van der Waals surface area contributed by atoms with Crippen LogP contribution in [-0.2, 0) is 15.8 Å². The Kier molecular flexibility index (Phi) is 7.89. The van der Waals surface area contributed by atoms with Crippen molar-refractivity contribution in [2.75, 3.05) is 11.4 Å². The average Bonchev–Trinajstić information content (AvgIpc) is 3.49. The van der Waals surface area contributed by atoms with Gasteiger partial charge in [0, 0.05) is 12.7 Å². The molecule has 0 radical (unpaired) electrons. The molecule has 3 rings (SSSR count). The van der Waals surface area contributed by atoms with E-state index in [2.05, 4.69) is 15.6 Å². The molecular formula is C21H30BF3N4O4. The van der Waals surface area contributed by atoms with Gasteiger partial charge in [-0.05, 0) is 43.2 Å². The number of carbonyl (C=O) groups is 2. The van der Waals surface area contributed by atoms with Crippen LogP contribution in [0, 0.1) is 11.8 Å². The van der Waals surface area contributed by atoms with E-state index in [1.807, 2.05) is 13.8 Å². The summed E-state index contributed by atoms with van der Waals surface area (Å²) >= 11 is 0. The number of hydrogen-bond donors (Lipinski definition) is 4. The molecule has 12 heteroatoms. The highest BCUT2D eigenvalue weighted by Crippen LogP contribution is 2.34. The molecule has 1 aromatic rings. The van der Waals surface area contributed by atoms with Crippen molar-refractivity contribution in [1.82, 2.24) is 15.6 Å². The highest BCUT2D eigenvalue weighted by molar-refractivity contribution is 6.43. The van der Waals surface area contributed by atoms with Crippen LogP contribution >= 0.6 is 0 Å². The van der Waals surface area contributed by atoms with Crippen LogP contribution in [0.15, 0.2) is 18.3 Å². The van der Waals surface area contributed by atoms with E-state index in [1.54, 1.807) is 4.90 Å². The van der Waals surface area contributed by atoms with Gasteiger partial charge in [0.2, 0.25) is 11.8 Å². The number of carbonyl (C=O) groups excluding carboxylic acids is 2. The van der Waals surface area contributed by atoms with Crippen LogP contribution in [0.1, 0.15) is 51.5 Å². The fraction of sp³-hybridized carbons (Fsp3) is 0.667. The lowest BCUT2D eigenvalue weighted by molar-refractivity contribution is -0.137. The van der Waals surface area contributed by atoms with Gasteiger partial charge in [-0.3, -0.25) is 9.59 Å². The number of halogens is 3. The molecule has 0 spiro atoms. The minimum atomic E-state index is -4.49. The zero-order chi connectivity index (χ0) is 24.3. The Morgan fingerprint density at radius 3 is 2.36 bits per heavy atom. The second-order valence-corrected chi connectivity index (χ2v) is 9.30. The van der Waals surface area contributed by atoms with Crippen molar-refractivity contribution in [1.29, 1.82) is 0 Å². The van der Waals surface area contributed by atoms with Crippen molar-refractivity contribution in [3.63, 3.8) is 0 Å². The molecule has 1 aliphatic carbocycles. The Morgan fingerprint density at radius 1 is 1.21 bits per heavy atom. The molecule has 33 heavy (non-hydrogen) atoms. The summed E-state index contributed by atoms with van der Waals surface area (Å²) in [5, 5.41) is 24.6. The summed E-state index contributed by atoms with van der Waals surface area (Å²) in [7, 11) is -1.72. The first-order valence-electron chi connectivity index (χ1n) is 11.2. The lowest BCUT2D eigenvalue weighted by Gasteiger charge is -2.41. The molecular weight excluding hydrogens is 440 g/mol. The molecule has 8 nitrogen and oxygen atoms in total. The number of hydrogen-bond acceptors (Lipinski definition) is 6. The van der Waals surface area contributed by atoms with Crippen LogP contribution in [0.5, 0.6) is 0 Å². The highest BCUT2D eigenvalue weighted by atomic mass is 19.4. The van der Waals surface area contributed by atoms with Crippen molar-refractivity contribution in [3.05, 3.63) is 23.9 Å². The van der Waals surface area contributed by atoms with Crippen LogP contribution in [0.25, 0.3) is 0 Å². The fourth-order valence-electron chi connectivity index (χ4n) is 3.89. The average molecular weight is 470 g/mol. The summed E-state index contributed by atoms with van der Waals surface area (Å²) in [5.41, 5.74) is -0.865. The summed E-state index contributed by atoms with van der Waals surface area (Å²) in [6.45, 7) is 4.25. The Balaban J connectivity index is 1.64. The van der Waals surface area contributed by atoms with Crippen LogP contribution in [0.2, 0.25) is 0 Å². The van der Waals surface area contributed by atoms with Gasteiger partial charge in [0.05, 0.1) is 11.5 Å². The third-order valence-corrected chi connectivity index (χ3v) is 6.00. The number of alkyl halides is 3.